The minimum absolute atomic E-state index is 0.160. The minimum atomic E-state index is -3.67. The van der Waals surface area contributed by atoms with Crippen molar-refractivity contribution in [2.24, 2.45) is 0 Å². The molecule has 2 aromatic carbocycles. The third kappa shape index (κ3) is 5.23. The van der Waals surface area contributed by atoms with Crippen LogP contribution in [0.5, 0.6) is 0 Å². The van der Waals surface area contributed by atoms with E-state index in [-0.39, 0.29) is 23.3 Å². The summed E-state index contributed by atoms with van der Waals surface area (Å²) in [6.07, 6.45) is 3.26. The molecule has 1 unspecified atom stereocenters. The van der Waals surface area contributed by atoms with Gasteiger partial charge in [0.05, 0.1) is 12.0 Å². The fourth-order valence-corrected chi connectivity index (χ4v) is 5.04. The highest BCUT2D eigenvalue weighted by atomic mass is 35.5. The SMILES string of the molecule is COC(=O)CCc1cc(C=O)cc2c1CCC(NS(=O)(=O)c1ccc(Cl)cc1)C2. The third-order valence-electron chi connectivity index (χ3n) is 5.07. The molecule has 6 nitrogen and oxygen atoms in total. The number of aldehydes is 1. The smallest absolute Gasteiger partial charge is 0.305 e. The predicted octanol–water partition coefficient (Wildman–Crippen LogP) is 3.09. The Kier molecular flexibility index (Phi) is 6.72. The number of nitrogens with one attached hydrogen (secondary N) is 1. The number of hydrogen-bond acceptors (Lipinski definition) is 5. The Morgan fingerprint density at radius 2 is 2.00 bits per heavy atom. The summed E-state index contributed by atoms with van der Waals surface area (Å²) >= 11 is 5.84. The normalized spacial score (nSPS) is 16.1. The summed E-state index contributed by atoms with van der Waals surface area (Å²) in [5.74, 6) is -0.306. The van der Waals surface area contributed by atoms with E-state index in [1.807, 2.05) is 0 Å². The number of sulfonamides is 1. The van der Waals surface area contributed by atoms with Crippen molar-refractivity contribution in [1.82, 2.24) is 4.72 Å². The van der Waals surface area contributed by atoms with Gasteiger partial charge < -0.3 is 4.74 Å². The zero-order chi connectivity index (χ0) is 21.0. The lowest BCUT2D eigenvalue weighted by Crippen LogP contribution is -2.39. The topological polar surface area (TPSA) is 89.5 Å². The highest BCUT2D eigenvalue weighted by molar-refractivity contribution is 7.89. The molecule has 1 N–H and O–H groups in total. The molecule has 0 aliphatic heterocycles. The molecule has 0 saturated carbocycles. The highest BCUT2D eigenvalue weighted by Crippen LogP contribution is 2.28. The molecule has 0 bridgehead atoms. The van der Waals surface area contributed by atoms with Crippen molar-refractivity contribution >= 4 is 33.9 Å². The van der Waals surface area contributed by atoms with Gasteiger partial charge >= 0.3 is 5.97 Å². The number of carbonyl (C=O) groups is 2. The molecule has 0 aromatic heterocycles. The van der Waals surface area contributed by atoms with Crippen molar-refractivity contribution in [3.63, 3.8) is 0 Å². The molecule has 0 fully saturated rings. The van der Waals surface area contributed by atoms with Gasteiger partial charge in [-0.2, -0.15) is 0 Å². The first-order valence-electron chi connectivity index (χ1n) is 9.27. The van der Waals surface area contributed by atoms with Gasteiger partial charge in [0, 0.05) is 23.0 Å². The Balaban J connectivity index is 1.80. The Bertz CT molecular complexity index is 1020. The summed E-state index contributed by atoms with van der Waals surface area (Å²) in [6.45, 7) is 0. The molecular weight excluding hydrogens is 414 g/mol. The second kappa shape index (κ2) is 9.07. The van der Waals surface area contributed by atoms with Gasteiger partial charge in [0.2, 0.25) is 10.0 Å². The summed E-state index contributed by atoms with van der Waals surface area (Å²) in [6, 6.07) is 9.33. The lowest BCUT2D eigenvalue weighted by atomic mass is 9.83. The number of methoxy groups -OCH3 is 1. The Hall–Kier alpha value is -2.22. The number of esters is 1. The number of rotatable bonds is 7. The lowest BCUT2D eigenvalue weighted by Gasteiger charge is -2.27. The molecule has 29 heavy (non-hydrogen) atoms. The van der Waals surface area contributed by atoms with E-state index < -0.39 is 10.0 Å². The van der Waals surface area contributed by atoms with Crippen LogP contribution in [0.2, 0.25) is 5.02 Å². The molecule has 0 heterocycles. The maximum atomic E-state index is 12.7. The summed E-state index contributed by atoms with van der Waals surface area (Å²) < 4.78 is 32.8. The molecule has 1 aliphatic carbocycles. The van der Waals surface area contributed by atoms with Crippen molar-refractivity contribution in [1.29, 1.82) is 0 Å². The Labute approximate surface area is 175 Å². The van der Waals surface area contributed by atoms with E-state index in [2.05, 4.69) is 4.72 Å². The Morgan fingerprint density at radius 3 is 2.66 bits per heavy atom. The van der Waals surface area contributed by atoms with Gasteiger partial charge in [0.25, 0.3) is 0 Å². The number of halogens is 1. The molecule has 0 saturated heterocycles. The van der Waals surface area contributed by atoms with E-state index in [0.717, 1.165) is 23.0 Å². The first-order valence-corrected chi connectivity index (χ1v) is 11.1. The molecule has 0 amide bonds. The van der Waals surface area contributed by atoms with E-state index in [4.69, 9.17) is 16.3 Å². The summed E-state index contributed by atoms with van der Waals surface area (Å²) in [4.78, 5) is 23.0. The first-order chi connectivity index (χ1) is 13.8. The van der Waals surface area contributed by atoms with Crippen molar-refractivity contribution in [3.8, 4) is 0 Å². The van der Waals surface area contributed by atoms with Gasteiger partial charge in [-0.1, -0.05) is 11.6 Å². The fourth-order valence-electron chi connectivity index (χ4n) is 3.65. The molecule has 0 radical (unpaired) electrons. The van der Waals surface area contributed by atoms with Crippen LogP contribution in [0.15, 0.2) is 41.3 Å². The summed E-state index contributed by atoms with van der Waals surface area (Å²) in [7, 11) is -2.32. The molecule has 8 heteroatoms. The average molecular weight is 436 g/mol. The number of benzene rings is 2. The predicted molar refractivity (Wildman–Crippen MR) is 110 cm³/mol. The van der Waals surface area contributed by atoms with Gasteiger partial charge in [-0.05, 0) is 78.8 Å². The maximum absolute atomic E-state index is 12.7. The second-order valence-corrected chi connectivity index (χ2v) is 9.18. The zero-order valence-electron chi connectivity index (χ0n) is 16.0. The Morgan fingerprint density at radius 1 is 1.28 bits per heavy atom. The molecule has 154 valence electrons. The number of aryl methyl sites for hydroxylation is 1. The van der Waals surface area contributed by atoms with E-state index in [0.29, 0.717) is 36.3 Å². The van der Waals surface area contributed by atoms with E-state index in [1.165, 1.54) is 31.4 Å². The average Bonchev–Trinajstić information content (AvgIpc) is 2.71. The van der Waals surface area contributed by atoms with E-state index in [9.17, 15) is 18.0 Å². The first kappa shape index (κ1) is 21.5. The molecule has 1 atom stereocenters. The van der Waals surface area contributed by atoms with Crippen LogP contribution in [-0.4, -0.2) is 33.8 Å². The van der Waals surface area contributed by atoms with Gasteiger partial charge in [0.1, 0.15) is 6.29 Å². The van der Waals surface area contributed by atoms with Crippen LogP contribution in [0, 0.1) is 0 Å². The van der Waals surface area contributed by atoms with Crippen LogP contribution in [0.4, 0.5) is 0 Å². The monoisotopic (exact) mass is 435 g/mol. The van der Waals surface area contributed by atoms with Crippen LogP contribution in [0.3, 0.4) is 0 Å². The van der Waals surface area contributed by atoms with Gasteiger partial charge in [-0.3, -0.25) is 9.59 Å². The zero-order valence-corrected chi connectivity index (χ0v) is 17.6. The molecule has 2 aromatic rings. The molecule has 1 aliphatic rings. The highest BCUT2D eigenvalue weighted by Gasteiger charge is 2.26. The van der Waals surface area contributed by atoms with Crippen molar-refractivity contribution in [2.75, 3.05) is 7.11 Å². The fraction of sp³-hybridized carbons (Fsp3) is 0.333. The summed E-state index contributed by atoms with van der Waals surface area (Å²) in [5, 5.41) is 0.469. The number of fused-ring (bicyclic) bond motifs is 1. The molecule has 3 rings (SSSR count). The second-order valence-electron chi connectivity index (χ2n) is 7.03. The van der Waals surface area contributed by atoms with E-state index in [1.54, 1.807) is 12.1 Å². The number of ether oxygens (including phenoxy) is 1. The molecule has 0 spiro atoms. The van der Waals surface area contributed by atoms with Gasteiger partial charge in [0.15, 0.2) is 0 Å². The van der Waals surface area contributed by atoms with Crippen molar-refractivity contribution in [2.45, 2.75) is 43.0 Å². The summed E-state index contributed by atoms with van der Waals surface area (Å²) in [5.41, 5.74) is 3.48. The van der Waals surface area contributed by atoms with Crippen LogP contribution >= 0.6 is 11.6 Å². The van der Waals surface area contributed by atoms with Crippen LogP contribution < -0.4 is 4.72 Å². The maximum Gasteiger partial charge on any atom is 0.305 e. The van der Waals surface area contributed by atoms with Crippen molar-refractivity contribution in [3.05, 3.63) is 63.7 Å². The van der Waals surface area contributed by atoms with Gasteiger partial charge in [-0.25, -0.2) is 13.1 Å². The minimum Gasteiger partial charge on any atom is -0.469 e. The molecular formula is C21H22ClNO5S. The van der Waals surface area contributed by atoms with Crippen molar-refractivity contribution < 1.29 is 22.7 Å². The quantitative estimate of drug-likeness (QED) is 0.533. The largest absolute Gasteiger partial charge is 0.469 e. The standard InChI is InChI=1S/C21H22ClNO5S/c1-28-21(25)9-2-15-10-14(13-24)11-16-12-18(5-8-20(15)16)23-29(26,27)19-6-3-17(22)4-7-19/h3-4,6-7,10-11,13,18,23H,2,5,8-9,12H2,1H3. The third-order valence-corrected chi connectivity index (χ3v) is 6.86. The number of carbonyl (C=O) groups excluding carboxylic acids is 2. The van der Waals surface area contributed by atoms with Crippen LogP contribution in [0.25, 0.3) is 0 Å². The number of hydrogen-bond donors (Lipinski definition) is 1. The van der Waals surface area contributed by atoms with Gasteiger partial charge in [-0.15, -0.1) is 0 Å². The van der Waals surface area contributed by atoms with E-state index >= 15 is 0 Å². The lowest BCUT2D eigenvalue weighted by molar-refractivity contribution is -0.140. The van der Waals surface area contributed by atoms with Crippen LogP contribution in [-0.2, 0) is 38.8 Å². The van der Waals surface area contributed by atoms with Crippen LogP contribution in [0.1, 0.15) is 39.9 Å².